The van der Waals surface area contributed by atoms with Gasteiger partial charge in [-0.25, -0.2) is 0 Å². The van der Waals surface area contributed by atoms with Crippen molar-refractivity contribution in [2.24, 2.45) is 0 Å². The van der Waals surface area contributed by atoms with E-state index in [1.165, 1.54) is 30.5 Å². The van der Waals surface area contributed by atoms with Crippen LogP contribution in [-0.4, -0.2) is 4.98 Å². The molecule has 0 saturated heterocycles. The molecule has 0 amide bonds. The van der Waals surface area contributed by atoms with Gasteiger partial charge >= 0.3 is 0 Å². The van der Waals surface area contributed by atoms with Crippen LogP contribution in [0.4, 0.5) is 0 Å². The minimum atomic E-state index is 0.729. The molecule has 0 fully saturated rings. The number of fused-ring (bicyclic) bond motifs is 1. The standard InChI is InChI=1S/C10H13N/c1-8-4-2-6-10-9(8)5-3-7-11-10/h3,5,7-8H,2,4,6H2,1H3/t8-/m1/s1. The van der Waals surface area contributed by atoms with Gasteiger partial charge < -0.3 is 0 Å². The SMILES string of the molecule is C[C@@H]1CCCc2ncccc21. The number of nitrogens with zero attached hydrogens (tertiary/aromatic N) is 1. The van der Waals surface area contributed by atoms with Crippen LogP contribution in [0, 0.1) is 0 Å². The van der Waals surface area contributed by atoms with E-state index in [0.29, 0.717) is 0 Å². The number of aromatic nitrogens is 1. The Hall–Kier alpha value is -0.850. The first kappa shape index (κ1) is 6.84. The normalized spacial score (nSPS) is 22.8. The predicted octanol–water partition coefficient (Wildman–Crippen LogP) is 2.52. The second kappa shape index (κ2) is 2.65. The van der Waals surface area contributed by atoms with E-state index in [4.69, 9.17) is 0 Å². The summed E-state index contributed by atoms with van der Waals surface area (Å²) in [5.74, 6) is 0.729. The first-order valence-corrected chi connectivity index (χ1v) is 4.31. The lowest BCUT2D eigenvalue weighted by molar-refractivity contribution is 0.579. The van der Waals surface area contributed by atoms with Crippen LogP contribution in [0.5, 0.6) is 0 Å². The van der Waals surface area contributed by atoms with Crippen molar-refractivity contribution in [1.29, 1.82) is 0 Å². The Labute approximate surface area is 67.5 Å². The molecule has 1 aromatic heterocycles. The van der Waals surface area contributed by atoms with Crippen molar-refractivity contribution >= 4 is 0 Å². The first-order valence-electron chi connectivity index (χ1n) is 4.31. The van der Waals surface area contributed by atoms with E-state index in [9.17, 15) is 0 Å². The summed E-state index contributed by atoms with van der Waals surface area (Å²) < 4.78 is 0. The molecule has 58 valence electrons. The Kier molecular flexibility index (Phi) is 1.65. The van der Waals surface area contributed by atoms with Crippen LogP contribution >= 0.6 is 0 Å². The molecule has 0 spiro atoms. The Bertz CT molecular complexity index is 255. The zero-order valence-electron chi connectivity index (χ0n) is 6.88. The van der Waals surface area contributed by atoms with E-state index in [1.54, 1.807) is 0 Å². The first-order chi connectivity index (χ1) is 5.38. The van der Waals surface area contributed by atoms with Crippen LogP contribution in [0.25, 0.3) is 0 Å². The molecule has 0 aromatic carbocycles. The molecule has 0 saturated carbocycles. The lowest BCUT2D eigenvalue weighted by Crippen LogP contribution is -2.08. The number of pyridine rings is 1. The lowest BCUT2D eigenvalue weighted by atomic mass is 9.87. The summed E-state index contributed by atoms with van der Waals surface area (Å²) >= 11 is 0. The Balaban J connectivity index is 2.44. The van der Waals surface area contributed by atoms with Gasteiger partial charge in [0.1, 0.15) is 0 Å². The molecule has 1 heterocycles. The van der Waals surface area contributed by atoms with Gasteiger partial charge in [0.05, 0.1) is 0 Å². The fourth-order valence-electron chi connectivity index (χ4n) is 1.84. The molecular weight excluding hydrogens is 134 g/mol. The Morgan fingerprint density at radius 3 is 3.27 bits per heavy atom. The van der Waals surface area contributed by atoms with Crippen molar-refractivity contribution in [2.75, 3.05) is 0 Å². The van der Waals surface area contributed by atoms with Gasteiger partial charge in [-0.2, -0.15) is 0 Å². The van der Waals surface area contributed by atoms with Crippen molar-refractivity contribution in [2.45, 2.75) is 32.1 Å². The van der Waals surface area contributed by atoms with Crippen molar-refractivity contribution in [1.82, 2.24) is 4.98 Å². The summed E-state index contributed by atoms with van der Waals surface area (Å²) in [6.45, 7) is 2.29. The molecule has 1 aliphatic rings. The van der Waals surface area contributed by atoms with Crippen molar-refractivity contribution in [3.8, 4) is 0 Å². The summed E-state index contributed by atoms with van der Waals surface area (Å²) in [5.41, 5.74) is 2.80. The van der Waals surface area contributed by atoms with Crippen LogP contribution in [0.1, 0.15) is 36.9 Å². The third kappa shape index (κ3) is 1.15. The van der Waals surface area contributed by atoms with Crippen molar-refractivity contribution < 1.29 is 0 Å². The highest BCUT2D eigenvalue weighted by Gasteiger charge is 2.15. The van der Waals surface area contributed by atoms with E-state index in [0.717, 1.165) is 5.92 Å². The van der Waals surface area contributed by atoms with E-state index in [2.05, 4.69) is 18.0 Å². The van der Waals surface area contributed by atoms with E-state index in [-0.39, 0.29) is 0 Å². The van der Waals surface area contributed by atoms with Crippen LogP contribution in [0.2, 0.25) is 0 Å². The molecule has 1 atom stereocenters. The van der Waals surface area contributed by atoms with Gasteiger partial charge in [0.2, 0.25) is 0 Å². The van der Waals surface area contributed by atoms with E-state index in [1.807, 2.05) is 12.3 Å². The quantitative estimate of drug-likeness (QED) is 0.549. The lowest BCUT2D eigenvalue weighted by Gasteiger charge is -2.20. The van der Waals surface area contributed by atoms with Gasteiger partial charge in [0.15, 0.2) is 0 Å². The molecule has 1 aromatic rings. The molecule has 1 nitrogen and oxygen atoms in total. The van der Waals surface area contributed by atoms with Gasteiger partial charge in [-0.3, -0.25) is 4.98 Å². The molecule has 1 aliphatic carbocycles. The van der Waals surface area contributed by atoms with Gasteiger partial charge in [-0.05, 0) is 36.8 Å². The van der Waals surface area contributed by atoms with Crippen LogP contribution in [0.15, 0.2) is 18.3 Å². The Morgan fingerprint density at radius 2 is 2.45 bits per heavy atom. The largest absolute Gasteiger partial charge is 0.261 e. The summed E-state index contributed by atoms with van der Waals surface area (Å²) in [7, 11) is 0. The number of aryl methyl sites for hydroxylation is 1. The smallest absolute Gasteiger partial charge is 0.0438 e. The number of rotatable bonds is 0. The molecule has 0 unspecified atom stereocenters. The molecule has 0 aliphatic heterocycles. The Morgan fingerprint density at radius 1 is 1.55 bits per heavy atom. The van der Waals surface area contributed by atoms with Crippen LogP contribution in [-0.2, 0) is 6.42 Å². The summed E-state index contributed by atoms with van der Waals surface area (Å²) in [4.78, 5) is 4.37. The van der Waals surface area contributed by atoms with Gasteiger partial charge in [0, 0.05) is 11.9 Å². The maximum absolute atomic E-state index is 4.37. The molecule has 0 N–H and O–H groups in total. The minimum Gasteiger partial charge on any atom is -0.261 e. The maximum atomic E-state index is 4.37. The molecule has 0 radical (unpaired) electrons. The zero-order chi connectivity index (χ0) is 7.68. The van der Waals surface area contributed by atoms with E-state index < -0.39 is 0 Å². The van der Waals surface area contributed by atoms with Gasteiger partial charge in [-0.1, -0.05) is 13.0 Å². The minimum absolute atomic E-state index is 0.729. The highest BCUT2D eigenvalue weighted by Crippen LogP contribution is 2.28. The van der Waals surface area contributed by atoms with Crippen molar-refractivity contribution in [3.05, 3.63) is 29.6 Å². The average Bonchev–Trinajstić information content (AvgIpc) is 2.06. The highest BCUT2D eigenvalue weighted by atomic mass is 14.7. The summed E-state index contributed by atoms with van der Waals surface area (Å²) in [6, 6.07) is 4.26. The summed E-state index contributed by atoms with van der Waals surface area (Å²) in [5, 5.41) is 0. The topological polar surface area (TPSA) is 12.9 Å². The number of hydrogen-bond acceptors (Lipinski definition) is 1. The molecule has 11 heavy (non-hydrogen) atoms. The third-order valence-corrected chi connectivity index (χ3v) is 2.51. The van der Waals surface area contributed by atoms with Gasteiger partial charge in [-0.15, -0.1) is 0 Å². The second-order valence-corrected chi connectivity index (χ2v) is 3.33. The monoisotopic (exact) mass is 147 g/mol. The predicted molar refractivity (Wildman–Crippen MR) is 45.6 cm³/mol. The third-order valence-electron chi connectivity index (χ3n) is 2.51. The molecule has 2 rings (SSSR count). The maximum Gasteiger partial charge on any atom is 0.0438 e. The molecule has 0 bridgehead atoms. The summed E-state index contributed by atoms with van der Waals surface area (Å²) in [6.07, 6.45) is 5.72. The second-order valence-electron chi connectivity index (χ2n) is 3.33. The molecular formula is C10H13N. The van der Waals surface area contributed by atoms with Crippen LogP contribution < -0.4 is 0 Å². The molecule has 1 heteroatoms. The van der Waals surface area contributed by atoms with Gasteiger partial charge in [0.25, 0.3) is 0 Å². The van der Waals surface area contributed by atoms with Crippen molar-refractivity contribution in [3.63, 3.8) is 0 Å². The average molecular weight is 147 g/mol. The fraction of sp³-hybridized carbons (Fsp3) is 0.500. The highest BCUT2D eigenvalue weighted by molar-refractivity contribution is 5.25. The zero-order valence-corrected chi connectivity index (χ0v) is 6.88. The number of hydrogen-bond donors (Lipinski definition) is 0. The van der Waals surface area contributed by atoms with Crippen LogP contribution in [0.3, 0.4) is 0 Å². The fourth-order valence-corrected chi connectivity index (χ4v) is 1.84. The van der Waals surface area contributed by atoms with E-state index >= 15 is 0 Å².